The second-order valence-electron chi connectivity index (χ2n) is 3.67. The third kappa shape index (κ3) is 2.89. The predicted octanol–water partition coefficient (Wildman–Crippen LogP) is 4.20. The Kier molecular flexibility index (Phi) is 3.39. The molecule has 0 aliphatic rings. The van der Waals surface area contributed by atoms with Crippen LogP contribution in [0.5, 0.6) is 0 Å². The highest BCUT2D eigenvalue weighted by molar-refractivity contribution is 7.18. The summed E-state index contributed by atoms with van der Waals surface area (Å²) in [5.41, 5.74) is 0.973. The highest BCUT2D eigenvalue weighted by atomic mass is 35.5. The van der Waals surface area contributed by atoms with E-state index in [1.165, 1.54) is 11.3 Å². The van der Waals surface area contributed by atoms with Crippen molar-refractivity contribution in [2.24, 2.45) is 4.99 Å². The average Bonchev–Trinajstić information content (AvgIpc) is 3.09. The lowest BCUT2D eigenvalue weighted by atomic mass is 10.2. The van der Waals surface area contributed by atoms with E-state index in [0.717, 1.165) is 10.6 Å². The van der Waals surface area contributed by atoms with Gasteiger partial charge in [-0.15, -0.1) is 10.2 Å². The highest BCUT2D eigenvalue weighted by Crippen LogP contribution is 2.28. The molecule has 3 aromatic rings. The molecule has 0 atom stereocenters. The molecule has 0 fully saturated rings. The van der Waals surface area contributed by atoms with Gasteiger partial charge in [-0.2, -0.15) is 0 Å². The molecule has 3 rings (SSSR count). The summed E-state index contributed by atoms with van der Waals surface area (Å²) in [6.45, 7) is 0. The molecule has 19 heavy (non-hydrogen) atoms. The van der Waals surface area contributed by atoms with Crippen molar-refractivity contribution in [2.75, 3.05) is 0 Å². The van der Waals surface area contributed by atoms with E-state index in [2.05, 4.69) is 15.2 Å². The van der Waals surface area contributed by atoms with Gasteiger partial charge in [-0.25, -0.2) is 4.99 Å². The van der Waals surface area contributed by atoms with Crippen LogP contribution in [0.1, 0.15) is 5.76 Å². The van der Waals surface area contributed by atoms with E-state index in [-0.39, 0.29) is 0 Å². The Balaban J connectivity index is 1.81. The molecule has 0 saturated heterocycles. The molecule has 1 aromatic carbocycles. The summed E-state index contributed by atoms with van der Waals surface area (Å²) in [5, 5.41) is 10.2. The van der Waals surface area contributed by atoms with Crippen molar-refractivity contribution in [2.45, 2.75) is 0 Å². The molecule has 6 heteroatoms. The van der Waals surface area contributed by atoms with Crippen LogP contribution < -0.4 is 0 Å². The lowest BCUT2D eigenvalue weighted by molar-refractivity contribution is 0.560. The van der Waals surface area contributed by atoms with Crippen molar-refractivity contribution in [3.8, 4) is 10.6 Å². The molecular formula is C13H8ClN3OS. The first-order chi connectivity index (χ1) is 9.31. The van der Waals surface area contributed by atoms with Crippen LogP contribution in [0.15, 0.2) is 52.1 Å². The molecule has 0 spiro atoms. The van der Waals surface area contributed by atoms with Gasteiger partial charge in [-0.1, -0.05) is 35.1 Å². The standard InChI is InChI=1S/C13H8ClN3OS/c14-10-5-3-9(4-6-10)12-16-17-13(19-12)15-8-11-2-1-7-18-11/h1-8H/b15-8-. The fourth-order valence-electron chi connectivity index (χ4n) is 1.46. The number of aliphatic imine (C=N–C) groups is 1. The smallest absolute Gasteiger partial charge is 0.232 e. The van der Waals surface area contributed by atoms with Crippen LogP contribution >= 0.6 is 22.9 Å². The number of aromatic nitrogens is 2. The van der Waals surface area contributed by atoms with Gasteiger partial charge in [-0.3, -0.25) is 0 Å². The second-order valence-corrected chi connectivity index (χ2v) is 5.06. The number of rotatable bonds is 3. The molecule has 2 heterocycles. The highest BCUT2D eigenvalue weighted by Gasteiger charge is 2.05. The van der Waals surface area contributed by atoms with Crippen molar-refractivity contribution in [1.29, 1.82) is 0 Å². The topological polar surface area (TPSA) is 51.3 Å². The Morgan fingerprint density at radius 1 is 1.16 bits per heavy atom. The molecule has 0 aliphatic carbocycles. The largest absolute Gasteiger partial charge is 0.463 e. The summed E-state index contributed by atoms with van der Waals surface area (Å²) in [6, 6.07) is 11.1. The van der Waals surface area contributed by atoms with Gasteiger partial charge in [-0.05, 0) is 24.3 Å². The SMILES string of the molecule is Clc1ccc(-c2nnc(/N=C\c3ccco3)s2)cc1. The van der Waals surface area contributed by atoms with Gasteiger partial charge >= 0.3 is 0 Å². The Labute approximate surface area is 118 Å². The van der Waals surface area contributed by atoms with Gasteiger partial charge in [0.05, 0.1) is 12.5 Å². The first-order valence-electron chi connectivity index (χ1n) is 5.48. The maximum absolute atomic E-state index is 5.84. The van der Waals surface area contributed by atoms with E-state index in [0.29, 0.717) is 15.9 Å². The third-order valence-corrected chi connectivity index (χ3v) is 3.48. The van der Waals surface area contributed by atoms with Crippen molar-refractivity contribution >= 4 is 34.3 Å². The fourth-order valence-corrected chi connectivity index (χ4v) is 2.28. The van der Waals surface area contributed by atoms with Crippen LogP contribution in [0.25, 0.3) is 10.6 Å². The Bertz CT molecular complexity index is 689. The summed E-state index contributed by atoms with van der Waals surface area (Å²) >= 11 is 7.25. The Morgan fingerprint density at radius 3 is 2.74 bits per heavy atom. The van der Waals surface area contributed by atoms with Crippen molar-refractivity contribution in [3.63, 3.8) is 0 Å². The van der Waals surface area contributed by atoms with Crippen molar-refractivity contribution in [3.05, 3.63) is 53.4 Å². The Hall–Kier alpha value is -1.98. The first-order valence-corrected chi connectivity index (χ1v) is 6.68. The van der Waals surface area contributed by atoms with E-state index in [9.17, 15) is 0 Å². The van der Waals surface area contributed by atoms with Crippen LogP contribution in [0.2, 0.25) is 5.02 Å². The summed E-state index contributed by atoms with van der Waals surface area (Å²) < 4.78 is 5.15. The zero-order valence-corrected chi connectivity index (χ0v) is 11.2. The average molecular weight is 290 g/mol. The molecule has 2 aromatic heterocycles. The first kappa shape index (κ1) is 12.1. The number of hydrogen-bond acceptors (Lipinski definition) is 5. The molecule has 94 valence electrons. The van der Waals surface area contributed by atoms with Gasteiger partial charge in [0, 0.05) is 10.6 Å². The molecular weight excluding hydrogens is 282 g/mol. The van der Waals surface area contributed by atoms with E-state index in [4.69, 9.17) is 16.0 Å². The van der Waals surface area contributed by atoms with Gasteiger partial charge in [0.1, 0.15) is 10.8 Å². The van der Waals surface area contributed by atoms with E-state index < -0.39 is 0 Å². The van der Waals surface area contributed by atoms with Crippen LogP contribution in [-0.2, 0) is 0 Å². The zero-order valence-electron chi connectivity index (χ0n) is 9.65. The van der Waals surface area contributed by atoms with Gasteiger partial charge in [0.25, 0.3) is 0 Å². The summed E-state index contributed by atoms with van der Waals surface area (Å²) in [6.07, 6.45) is 3.22. The van der Waals surface area contributed by atoms with Crippen molar-refractivity contribution in [1.82, 2.24) is 10.2 Å². The quantitative estimate of drug-likeness (QED) is 0.679. The minimum atomic E-state index is 0.585. The maximum atomic E-state index is 5.84. The van der Waals surface area contributed by atoms with Gasteiger partial charge in [0.15, 0.2) is 0 Å². The molecule has 0 radical (unpaired) electrons. The van der Waals surface area contributed by atoms with Gasteiger partial charge < -0.3 is 4.42 Å². The number of nitrogens with zero attached hydrogens (tertiary/aromatic N) is 3. The number of furan rings is 1. The minimum Gasteiger partial charge on any atom is -0.463 e. The van der Waals surface area contributed by atoms with Crippen LogP contribution in [-0.4, -0.2) is 16.4 Å². The summed E-state index contributed by atoms with van der Waals surface area (Å²) in [4.78, 5) is 4.21. The minimum absolute atomic E-state index is 0.585. The second kappa shape index (κ2) is 5.34. The van der Waals surface area contributed by atoms with Crippen LogP contribution in [0.3, 0.4) is 0 Å². The molecule has 0 saturated carbocycles. The van der Waals surface area contributed by atoms with E-state index in [1.807, 2.05) is 30.3 Å². The molecule has 0 aliphatic heterocycles. The lowest BCUT2D eigenvalue weighted by Crippen LogP contribution is -1.75. The Morgan fingerprint density at radius 2 is 2.00 bits per heavy atom. The lowest BCUT2D eigenvalue weighted by Gasteiger charge is -1.93. The zero-order chi connectivity index (χ0) is 13.1. The molecule has 0 bridgehead atoms. The number of halogens is 1. The van der Waals surface area contributed by atoms with Crippen molar-refractivity contribution < 1.29 is 4.42 Å². The van der Waals surface area contributed by atoms with Crippen LogP contribution in [0.4, 0.5) is 5.13 Å². The summed E-state index contributed by atoms with van der Waals surface area (Å²) in [7, 11) is 0. The fraction of sp³-hybridized carbons (Fsp3) is 0. The van der Waals surface area contributed by atoms with E-state index >= 15 is 0 Å². The van der Waals surface area contributed by atoms with E-state index in [1.54, 1.807) is 18.5 Å². The third-order valence-electron chi connectivity index (χ3n) is 2.35. The predicted molar refractivity (Wildman–Crippen MR) is 76.3 cm³/mol. The van der Waals surface area contributed by atoms with Gasteiger partial charge in [0.2, 0.25) is 5.13 Å². The van der Waals surface area contributed by atoms with Crippen LogP contribution in [0, 0.1) is 0 Å². The number of benzene rings is 1. The number of hydrogen-bond donors (Lipinski definition) is 0. The molecule has 0 N–H and O–H groups in total. The maximum Gasteiger partial charge on any atom is 0.232 e. The molecule has 0 unspecified atom stereocenters. The molecule has 4 nitrogen and oxygen atoms in total. The normalized spacial score (nSPS) is 11.2. The monoisotopic (exact) mass is 289 g/mol. The summed E-state index contributed by atoms with van der Waals surface area (Å²) in [5.74, 6) is 0.684. The molecule has 0 amide bonds.